The highest BCUT2D eigenvalue weighted by atomic mass is 19.3. The lowest BCUT2D eigenvalue weighted by atomic mass is 9.79. The molecule has 1 aromatic carbocycles. The number of aliphatic hydroxyl groups is 1. The highest BCUT2D eigenvalue weighted by Crippen LogP contribution is 2.37. The lowest BCUT2D eigenvalue weighted by Gasteiger charge is -2.27. The lowest BCUT2D eigenvalue weighted by molar-refractivity contribution is -0.123. The van der Waals surface area contributed by atoms with Crippen molar-refractivity contribution >= 4 is 28.4 Å². The third-order valence-corrected chi connectivity index (χ3v) is 7.19. The van der Waals surface area contributed by atoms with Gasteiger partial charge in [0.2, 0.25) is 5.91 Å². The van der Waals surface area contributed by atoms with E-state index in [0.717, 1.165) is 30.9 Å². The summed E-state index contributed by atoms with van der Waals surface area (Å²) < 4.78 is 43.4. The maximum Gasteiger partial charge on any atom is 0.272 e. The van der Waals surface area contributed by atoms with Crippen molar-refractivity contribution in [2.75, 3.05) is 5.32 Å². The van der Waals surface area contributed by atoms with Crippen LogP contribution in [0, 0.1) is 24.6 Å². The number of benzene rings is 1. The third-order valence-electron chi connectivity index (χ3n) is 7.19. The molecule has 0 spiro atoms. The summed E-state index contributed by atoms with van der Waals surface area (Å²) in [6, 6.07) is 4.38. The Morgan fingerprint density at radius 1 is 1.27 bits per heavy atom. The number of alkyl halides is 2. The number of hydrogen-bond acceptors (Lipinski definition) is 5. The standard InChI is InChI=1S/C27H31F3N4O3/c1-14-13-31-22(32-25(36)17-7-5-6-16(9-17)8-15(2)35)12-19(14)18-10-20-23(21(28)11-18)33-34(4)24(20)27(3,37)26(29)30/h10-13,16-17,26,37H,5-9H2,1-4H3,(H,31,32,36)/t16-,17-,27?/m0/s1. The van der Waals surface area contributed by atoms with Gasteiger partial charge in [-0.3, -0.25) is 9.48 Å². The van der Waals surface area contributed by atoms with E-state index in [9.17, 15) is 23.5 Å². The predicted molar refractivity (Wildman–Crippen MR) is 134 cm³/mol. The van der Waals surface area contributed by atoms with Crippen LogP contribution in [0.4, 0.5) is 19.0 Å². The van der Waals surface area contributed by atoms with Crippen molar-refractivity contribution in [3.63, 3.8) is 0 Å². The minimum Gasteiger partial charge on any atom is -0.378 e. The fourth-order valence-corrected chi connectivity index (χ4v) is 5.37. The van der Waals surface area contributed by atoms with Crippen LogP contribution in [0.15, 0.2) is 24.4 Å². The summed E-state index contributed by atoms with van der Waals surface area (Å²) in [5, 5.41) is 17.4. The molecular formula is C27H31F3N4O3. The minimum absolute atomic E-state index is 0.0725. The molecular weight excluding hydrogens is 485 g/mol. The average Bonchev–Trinajstić information content (AvgIpc) is 3.17. The van der Waals surface area contributed by atoms with E-state index in [2.05, 4.69) is 15.4 Å². The van der Waals surface area contributed by atoms with Crippen LogP contribution in [0.3, 0.4) is 0 Å². The normalized spacial score (nSPS) is 19.7. The number of aromatic nitrogens is 3. The summed E-state index contributed by atoms with van der Waals surface area (Å²) in [6.07, 6.45) is 2.08. The van der Waals surface area contributed by atoms with Gasteiger partial charge in [-0.05, 0) is 80.8 Å². The van der Waals surface area contributed by atoms with Crippen LogP contribution in [0.25, 0.3) is 22.0 Å². The van der Waals surface area contributed by atoms with Crippen molar-refractivity contribution in [2.24, 2.45) is 18.9 Å². The number of nitrogens with zero attached hydrogens (tertiary/aromatic N) is 3. The Bertz CT molecular complexity index is 1350. The van der Waals surface area contributed by atoms with Gasteiger partial charge in [-0.25, -0.2) is 18.2 Å². The summed E-state index contributed by atoms with van der Waals surface area (Å²) in [7, 11) is 1.38. The Labute approximate surface area is 213 Å². The quantitative estimate of drug-likeness (QED) is 0.445. The number of nitrogens with one attached hydrogen (secondary N) is 1. The molecule has 1 saturated carbocycles. The zero-order chi connectivity index (χ0) is 27.1. The van der Waals surface area contributed by atoms with E-state index in [1.165, 1.54) is 19.2 Å². The summed E-state index contributed by atoms with van der Waals surface area (Å²) in [4.78, 5) is 28.8. The zero-order valence-corrected chi connectivity index (χ0v) is 21.3. The zero-order valence-electron chi connectivity index (χ0n) is 21.3. The van der Waals surface area contributed by atoms with Crippen molar-refractivity contribution in [1.82, 2.24) is 14.8 Å². The maximum atomic E-state index is 15.1. The molecule has 7 nitrogen and oxygen atoms in total. The Kier molecular flexibility index (Phi) is 7.41. The molecule has 1 amide bonds. The smallest absolute Gasteiger partial charge is 0.272 e. The van der Waals surface area contributed by atoms with Gasteiger partial charge in [0.25, 0.3) is 6.43 Å². The number of carbonyl (C=O) groups excluding carboxylic acids is 2. The number of aryl methyl sites for hydroxylation is 2. The molecule has 0 saturated heterocycles. The van der Waals surface area contributed by atoms with Gasteiger partial charge in [-0.15, -0.1) is 0 Å². The second-order valence-corrected chi connectivity index (χ2v) is 10.3. The fraction of sp³-hybridized carbons (Fsp3) is 0.481. The summed E-state index contributed by atoms with van der Waals surface area (Å²) in [5.41, 5.74) is -1.26. The molecule has 198 valence electrons. The largest absolute Gasteiger partial charge is 0.378 e. The van der Waals surface area contributed by atoms with Crippen LogP contribution in [-0.2, 0) is 22.2 Å². The average molecular weight is 517 g/mol. The lowest BCUT2D eigenvalue weighted by Crippen LogP contribution is -2.33. The van der Waals surface area contributed by atoms with Crippen LogP contribution in [0.5, 0.6) is 0 Å². The Morgan fingerprint density at radius 3 is 2.68 bits per heavy atom. The first-order valence-corrected chi connectivity index (χ1v) is 12.3. The van der Waals surface area contributed by atoms with Crippen LogP contribution in [-0.4, -0.2) is 38.0 Å². The van der Waals surface area contributed by atoms with E-state index in [-0.39, 0.29) is 45.9 Å². The Hall–Kier alpha value is -3.27. The van der Waals surface area contributed by atoms with E-state index in [0.29, 0.717) is 29.5 Å². The minimum atomic E-state index is -3.11. The van der Waals surface area contributed by atoms with Crippen molar-refractivity contribution < 1.29 is 27.9 Å². The van der Waals surface area contributed by atoms with Crippen molar-refractivity contribution in [1.29, 1.82) is 0 Å². The third kappa shape index (κ3) is 5.39. The van der Waals surface area contributed by atoms with Crippen LogP contribution >= 0.6 is 0 Å². The molecule has 1 aliphatic carbocycles. The maximum absolute atomic E-state index is 15.1. The first-order valence-electron chi connectivity index (χ1n) is 12.3. The molecule has 0 radical (unpaired) electrons. The van der Waals surface area contributed by atoms with Gasteiger partial charge in [-0.2, -0.15) is 5.10 Å². The van der Waals surface area contributed by atoms with E-state index in [1.807, 2.05) is 0 Å². The van der Waals surface area contributed by atoms with E-state index in [1.54, 1.807) is 26.1 Å². The molecule has 2 heterocycles. The number of Topliss-reactive ketones (excluding diaryl/α,β-unsaturated/α-hetero) is 1. The van der Waals surface area contributed by atoms with Gasteiger partial charge >= 0.3 is 0 Å². The van der Waals surface area contributed by atoms with E-state index in [4.69, 9.17) is 0 Å². The first kappa shape index (κ1) is 26.8. The second-order valence-electron chi connectivity index (χ2n) is 10.3. The number of hydrogen-bond donors (Lipinski definition) is 2. The first-order chi connectivity index (χ1) is 17.4. The molecule has 0 aliphatic heterocycles. The highest BCUT2D eigenvalue weighted by molar-refractivity contribution is 5.93. The molecule has 2 aromatic heterocycles. The Morgan fingerprint density at radius 2 is 2.00 bits per heavy atom. The molecule has 3 aromatic rings. The predicted octanol–water partition coefficient (Wildman–Crippen LogP) is 5.28. The van der Waals surface area contributed by atoms with Crippen molar-refractivity contribution in [3.05, 3.63) is 41.5 Å². The highest BCUT2D eigenvalue weighted by Gasteiger charge is 2.39. The van der Waals surface area contributed by atoms with Crippen LogP contribution in [0.1, 0.15) is 57.2 Å². The van der Waals surface area contributed by atoms with E-state index >= 15 is 4.39 Å². The van der Waals surface area contributed by atoms with Gasteiger partial charge < -0.3 is 15.2 Å². The number of anilines is 1. The van der Waals surface area contributed by atoms with Crippen molar-refractivity contribution in [3.8, 4) is 11.1 Å². The van der Waals surface area contributed by atoms with Gasteiger partial charge in [0.1, 0.15) is 17.1 Å². The summed E-state index contributed by atoms with van der Waals surface area (Å²) in [6.45, 7) is 4.30. The van der Waals surface area contributed by atoms with E-state index < -0.39 is 17.8 Å². The molecule has 1 unspecified atom stereocenters. The SMILES string of the molecule is CC(=O)C[C@@H]1CCC[C@H](C(=O)Nc2cc(-c3cc(F)c4nn(C)c(C(C)(O)C(F)F)c4c3)c(C)cn2)C1. The van der Waals surface area contributed by atoms with Gasteiger partial charge in [0.15, 0.2) is 11.4 Å². The molecule has 1 aliphatic rings. The van der Waals surface area contributed by atoms with Gasteiger partial charge in [0, 0.05) is 31.0 Å². The molecule has 10 heteroatoms. The molecule has 3 atom stereocenters. The molecule has 1 fully saturated rings. The number of fused-ring (bicyclic) bond motifs is 1. The molecule has 37 heavy (non-hydrogen) atoms. The van der Waals surface area contributed by atoms with Crippen LogP contribution < -0.4 is 5.32 Å². The number of carbonyl (C=O) groups is 2. The topological polar surface area (TPSA) is 97.1 Å². The van der Waals surface area contributed by atoms with Crippen LogP contribution in [0.2, 0.25) is 0 Å². The Balaban J connectivity index is 1.66. The van der Waals surface area contributed by atoms with Gasteiger partial charge in [-0.1, -0.05) is 6.42 Å². The molecule has 4 rings (SSSR count). The number of rotatable bonds is 7. The number of pyridine rings is 1. The molecule has 0 bridgehead atoms. The monoisotopic (exact) mass is 516 g/mol. The van der Waals surface area contributed by atoms with Gasteiger partial charge in [0.05, 0.1) is 5.69 Å². The summed E-state index contributed by atoms with van der Waals surface area (Å²) in [5.74, 6) is -0.539. The summed E-state index contributed by atoms with van der Waals surface area (Å²) >= 11 is 0. The number of halogens is 3. The second kappa shape index (κ2) is 10.2. The van der Waals surface area contributed by atoms with Crippen molar-refractivity contribution in [2.45, 2.75) is 64.9 Å². The number of amides is 1. The fourth-order valence-electron chi connectivity index (χ4n) is 5.37. The number of ketones is 1. The molecule has 2 N–H and O–H groups in total.